The molecule has 0 saturated heterocycles. The van der Waals surface area contributed by atoms with Gasteiger partial charge in [-0.15, -0.1) is 0 Å². The van der Waals surface area contributed by atoms with Gasteiger partial charge in [0.05, 0.1) is 22.1 Å². The van der Waals surface area contributed by atoms with Crippen LogP contribution in [0.15, 0.2) is 12.1 Å². The first-order valence-electron chi connectivity index (χ1n) is 7.07. The minimum atomic E-state index is 0.0633. The molecule has 0 aliphatic rings. The lowest BCUT2D eigenvalue weighted by Gasteiger charge is -2.04. The zero-order chi connectivity index (χ0) is 15.3. The zero-order valence-electron chi connectivity index (χ0n) is 12.7. The van der Waals surface area contributed by atoms with Gasteiger partial charge in [-0.3, -0.25) is 9.20 Å². The highest BCUT2D eigenvalue weighted by Crippen LogP contribution is 2.27. The quantitative estimate of drug-likeness (QED) is 0.533. The number of aromatic nitrogens is 3. The Morgan fingerprint density at radius 2 is 1.81 bits per heavy atom. The summed E-state index contributed by atoms with van der Waals surface area (Å²) in [6.07, 6.45) is 0. The molecule has 0 aliphatic carbocycles. The number of Topliss-reactive ketones (excluding diaryl/α,β-unsaturated/α-hetero) is 1. The molecule has 21 heavy (non-hydrogen) atoms. The number of aryl methyl sites for hydroxylation is 4. The minimum absolute atomic E-state index is 0.0633. The number of carbonyl (C=O) groups excluding carboxylic acids is 1. The van der Waals surface area contributed by atoms with E-state index < -0.39 is 0 Å². The topological polar surface area (TPSA) is 39.3 Å². The Hall–Kier alpha value is -1.62. The average Bonchev–Trinajstić information content (AvgIpc) is 2.92. The smallest absolute Gasteiger partial charge is 0.215 e. The predicted molar refractivity (Wildman–Crippen MR) is 88.7 cm³/mol. The van der Waals surface area contributed by atoms with Crippen molar-refractivity contribution in [3.05, 3.63) is 34.6 Å². The minimum Gasteiger partial charge on any atom is -0.310 e. The first-order valence-corrected chi connectivity index (χ1v) is 8.19. The van der Waals surface area contributed by atoms with Crippen LogP contribution in [0.2, 0.25) is 0 Å². The summed E-state index contributed by atoms with van der Waals surface area (Å²) >= 11 is 3.27. The second-order valence-corrected chi connectivity index (χ2v) is 5.97. The van der Waals surface area contributed by atoms with Crippen molar-refractivity contribution in [2.45, 2.75) is 34.2 Å². The molecular weight excluding hydrogens is 330 g/mol. The Bertz CT molecular complexity index is 873. The van der Waals surface area contributed by atoms with Crippen LogP contribution in [0, 0.1) is 20.8 Å². The highest BCUT2D eigenvalue weighted by molar-refractivity contribution is 9.09. The number of hydrogen-bond acceptors (Lipinski definition) is 2. The van der Waals surface area contributed by atoms with E-state index in [0.29, 0.717) is 11.0 Å². The molecule has 0 amide bonds. The molecular formula is C16H18BrN3O. The molecule has 5 heteroatoms. The lowest BCUT2D eigenvalue weighted by Crippen LogP contribution is -2.06. The molecule has 4 nitrogen and oxygen atoms in total. The molecule has 0 atom stereocenters. The number of imidazole rings is 2. The van der Waals surface area contributed by atoms with E-state index in [9.17, 15) is 4.79 Å². The van der Waals surface area contributed by atoms with Crippen molar-refractivity contribution in [2.75, 3.05) is 5.33 Å². The molecule has 0 bridgehead atoms. The Morgan fingerprint density at radius 1 is 1.19 bits per heavy atom. The monoisotopic (exact) mass is 347 g/mol. The highest BCUT2D eigenvalue weighted by atomic mass is 79.9. The number of halogens is 1. The van der Waals surface area contributed by atoms with E-state index in [1.807, 2.05) is 11.3 Å². The maximum absolute atomic E-state index is 12.3. The van der Waals surface area contributed by atoms with Crippen LogP contribution in [0.3, 0.4) is 0 Å². The molecule has 0 spiro atoms. The van der Waals surface area contributed by atoms with Gasteiger partial charge in [0.2, 0.25) is 5.78 Å². The number of carbonyl (C=O) groups is 1. The van der Waals surface area contributed by atoms with Crippen LogP contribution >= 0.6 is 15.9 Å². The zero-order valence-corrected chi connectivity index (χ0v) is 14.3. The molecule has 0 saturated carbocycles. The Labute approximate surface area is 131 Å². The van der Waals surface area contributed by atoms with Gasteiger partial charge in [0, 0.05) is 6.54 Å². The van der Waals surface area contributed by atoms with E-state index in [0.717, 1.165) is 29.0 Å². The first-order chi connectivity index (χ1) is 9.99. The van der Waals surface area contributed by atoms with Crippen LogP contribution in [0.4, 0.5) is 0 Å². The second kappa shape index (κ2) is 4.98. The number of fused-ring (bicyclic) bond motifs is 3. The predicted octanol–water partition coefficient (Wildman–Crippen LogP) is 3.81. The van der Waals surface area contributed by atoms with Crippen molar-refractivity contribution in [1.29, 1.82) is 0 Å². The van der Waals surface area contributed by atoms with E-state index in [4.69, 9.17) is 0 Å². The average molecular weight is 348 g/mol. The van der Waals surface area contributed by atoms with Crippen LogP contribution in [0.1, 0.15) is 34.2 Å². The van der Waals surface area contributed by atoms with Crippen LogP contribution < -0.4 is 0 Å². The third-order valence-electron chi connectivity index (χ3n) is 4.10. The maximum Gasteiger partial charge on any atom is 0.215 e. The van der Waals surface area contributed by atoms with Gasteiger partial charge < -0.3 is 4.57 Å². The molecule has 0 unspecified atom stereocenters. The third-order valence-corrected chi connectivity index (χ3v) is 4.61. The standard InChI is InChI=1S/C16H18BrN3O/c1-5-19-12-6-9(2)10(3)7-13(12)20-15(14(21)8-17)11(4)18-16(19)20/h6-7H,5,8H2,1-4H3. The molecule has 0 aliphatic heterocycles. The number of nitrogens with zero attached hydrogens (tertiary/aromatic N) is 3. The second-order valence-electron chi connectivity index (χ2n) is 5.41. The lowest BCUT2D eigenvalue weighted by atomic mass is 10.1. The lowest BCUT2D eigenvalue weighted by molar-refractivity contribution is 0.101. The molecule has 3 rings (SSSR count). The van der Waals surface area contributed by atoms with E-state index >= 15 is 0 Å². The molecule has 3 aromatic rings. The highest BCUT2D eigenvalue weighted by Gasteiger charge is 2.21. The van der Waals surface area contributed by atoms with Crippen molar-refractivity contribution in [2.24, 2.45) is 0 Å². The molecule has 0 N–H and O–H groups in total. The van der Waals surface area contributed by atoms with Crippen molar-refractivity contribution in [1.82, 2.24) is 14.0 Å². The summed E-state index contributed by atoms with van der Waals surface area (Å²) in [5.41, 5.74) is 6.13. The summed E-state index contributed by atoms with van der Waals surface area (Å²) in [5.74, 6) is 0.910. The summed E-state index contributed by atoms with van der Waals surface area (Å²) < 4.78 is 4.17. The Morgan fingerprint density at radius 3 is 2.38 bits per heavy atom. The van der Waals surface area contributed by atoms with Crippen molar-refractivity contribution in [3.63, 3.8) is 0 Å². The molecule has 2 heterocycles. The number of rotatable bonds is 3. The summed E-state index contributed by atoms with van der Waals surface area (Å²) in [4.78, 5) is 16.9. The molecule has 110 valence electrons. The van der Waals surface area contributed by atoms with Gasteiger partial charge in [-0.2, -0.15) is 0 Å². The van der Waals surface area contributed by atoms with E-state index in [1.165, 1.54) is 11.1 Å². The fraction of sp³-hybridized carbons (Fsp3) is 0.375. The number of hydrogen-bond donors (Lipinski definition) is 0. The van der Waals surface area contributed by atoms with E-state index in [-0.39, 0.29) is 5.78 Å². The molecule has 2 aromatic heterocycles. The fourth-order valence-corrected chi connectivity index (χ4v) is 3.18. The van der Waals surface area contributed by atoms with Crippen LogP contribution in [-0.4, -0.2) is 25.1 Å². The number of ketones is 1. The van der Waals surface area contributed by atoms with E-state index in [2.05, 4.69) is 58.4 Å². The summed E-state index contributed by atoms with van der Waals surface area (Å²) in [7, 11) is 0. The van der Waals surface area contributed by atoms with Gasteiger partial charge in [0.1, 0.15) is 5.69 Å². The normalized spacial score (nSPS) is 11.7. The summed E-state index contributed by atoms with van der Waals surface area (Å²) in [6, 6.07) is 4.33. The van der Waals surface area contributed by atoms with Gasteiger partial charge in [0.15, 0.2) is 5.78 Å². The van der Waals surface area contributed by atoms with Gasteiger partial charge in [-0.25, -0.2) is 4.98 Å². The van der Waals surface area contributed by atoms with Crippen molar-refractivity contribution in [3.8, 4) is 0 Å². The molecule has 1 aromatic carbocycles. The van der Waals surface area contributed by atoms with Crippen LogP contribution in [0.5, 0.6) is 0 Å². The number of benzene rings is 1. The van der Waals surface area contributed by atoms with Crippen molar-refractivity contribution < 1.29 is 4.79 Å². The van der Waals surface area contributed by atoms with E-state index in [1.54, 1.807) is 0 Å². The number of alkyl halides is 1. The van der Waals surface area contributed by atoms with Gasteiger partial charge in [-0.05, 0) is 51.0 Å². The van der Waals surface area contributed by atoms with Crippen LogP contribution in [-0.2, 0) is 6.54 Å². The van der Waals surface area contributed by atoms with Crippen molar-refractivity contribution >= 4 is 38.5 Å². The van der Waals surface area contributed by atoms with Gasteiger partial charge in [0.25, 0.3) is 0 Å². The van der Waals surface area contributed by atoms with Crippen LogP contribution in [0.25, 0.3) is 16.8 Å². The SMILES string of the molecule is CCn1c2cc(C)c(C)cc2n2c(C(=O)CBr)c(C)nc12. The maximum atomic E-state index is 12.3. The van der Waals surface area contributed by atoms with Gasteiger partial charge in [-0.1, -0.05) is 15.9 Å². The fourth-order valence-electron chi connectivity index (χ4n) is 2.91. The summed E-state index contributed by atoms with van der Waals surface area (Å²) in [6.45, 7) is 9.04. The Balaban J connectivity index is 2.54. The van der Waals surface area contributed by atoms with Gasteiger partial charge >= 0.3 is 0 Å². The third kappa shape index (κ3) is 1.94. The largest absolute Gasteiger partial charge is 0.310 e. The molecule has 0 fully saturated rings. The Kier molecular flexibility index (Phi) is 3.40. The molecule has 0 radical (unpaired) electrons. The first kappa shape index (κ1) is 14.3. The summed E-state index contributed by atoms with van der Waals surface area (Å²) in [5, 5.41) is 0.311.